The van der Waals surface area contributed by atoms with E-state index in [-0.39, 0.29) is 0 Å². The third kappa shape index (κ3) is 2.62. The Morgan fingerprint density at radius 2 is 1.45 bits per heavy atom. The molecule has 1 saturated carbocycles. The van der Waals surface area contributed by atoms with Crippen LogP contribution in [0.5, 0.6) is 0 Å². The number of nitrogens with two attached hydrogens (primary N) is 1. The summed E-state index contributed by atoms with van der Waals surface area (Å²) in [4.78, 5) is 10.6. The third-order valence-corrected chi connectivity index (χ3v) is 2.52. The Balaban J connectivity index is 2.43. The van der Waals surface area contributed by atoms with Gasteiger partial charge in [0, 0.05) is 0 Å². The largest absolute Gasteiger partial charge is 0.319 e. The number of hydrogen-bond acceptors (Lipinski definition) is 2. The number of aldehydes is 1. The standard InChI is InChI=1S/C9H17NO/c10-9(8-11)6-4-2-1-3-5-7-9/h8H,1-7,10H2. The molecule has 0 aliphatic heterocycles. The predicted octanol–water partition coefficient (Wildman–Crippen LogP) is 1.63. The molecule has 0 aromatic heterocycles. The maximum absolute atomic E-state index is 10.6. The minimum atomic E-state index is -0.486. The van der Waals surface area contributed by atoms with E-state index in [4.69, 9.17) is 5.73 Å². The van der Waals surface area contributed by atoms with Gasteiger partial charge in [0.25, 0.3) is 0 Å². The Labute approximate surface area is 68.2 Å². The number of carbonyl (C=O) groups is 1. The summed E-state index contributed by atoms with van der Waals surface area (Å²) in [5, 5.41) is 0. The topological polar surface area (TPSA) is 43.1 Å². The summed E-state index contributed by atoms with van der Waals surface area (Å²) >= 11 is 0. The second-order valence-electron chi connectivity index (χ2n) is 3.62. The van der Waals surface area contributed by atoms with Crippen molar-refractivity contribution in [2.45, 2.75) is 50.5 Å². The van der Waals surface area contributed by atoms with Crippen molar-refractivity contribution in [2.24, 2.45) is 5.73 Å². The highest BCUT2D eigenvalue weighted by molar-refractivity contribution is 5.63. The molecule has 1 rings (SSSR count). The molecule has 0 spiro atoms. The number of hydrogen-bond donors (Lipinski definition) is 1. The van der Waals surface area contributed by atoms with E-state index in [1.807, 2.05) is 0 Å². The van der Waals surface area contributed by atoms with Crippen molar-refractivity contribution >= 4 is 6.29 Å². The Hall–Kier alpha value is -0.370. The van der Waals surface area contributed by atoms with E-state index < -0.39 is 5.54 Å². The van der Waals surface area contributed by atoms with Gasteiger partial charge < -0.3 is 10.5 Å². The van der Waals surface area contributed by atoms with E-state index in [0.29, 0.717) is 0 Å². The van der Waals surface area contributed by atoms with Crippen molar-refractivity contribution in [1.29, 1.82) is 0 Å². The second kappa shape index (κ2) is 3.86. The fraction of sp³-hybridized carbons (Fsp3) is 0.889. The zero-order valence-corrected chi connectivity index (χ0v) is 7.01. The molecule has 0 heterocycles. The molecule has 0 atom stereocenters. The van der Waals surface area contributed by atoms with Crippen LogP contribution in [0.3, 0.4) is 0 Å². The van der Waals surface area contributed by atoms with Crippen molar-refractivity contribution < 1.29 is 4.79 Å². The number of carbonyl (C=O) groups excluding carboxylic acids is 1. The van der Waals surface area contributed by atoms with Gasteiger partial charge in [-0.15, -0.1) is 0 Å². The Bertz CT molecular complexity index is 126. The zero-order valence-electron chi connectivity index (χ0n) is 7.01. The minimum Gasteiger partial charge on any atom is -0.319 e. The fourth-order valence-corrected chi connectivity index (χ4v) is 1.68. The molecule has 0 saturated heterocycles. The molecule has 1 fully saturated rings. The molecule has 0 unspecified atom stereocenters. The van der Waals surface area contributed by atoms with Crippen molar-refractivity contribution in [3.05, 3.63) is 0 Å². The van der Waals surface area contributed by atoms with Crippen LogP contribution in [0, 0.1) is 0 Å². The van der Waals surface area contributed by atoms with Gasteiger partial charge in [0.2, 0.25) is 0 Å². The maximum Gasteiger partial charge on any atom is 0.139 e. The fourth-order valence-electron chi connectivity index (χ4n) is 1.68. The summed E-state index contributed by atoms with van der Waals surface area (Å²) in [5.74, 6) is 0. The van der Waals surface area contributed by atoms with Crippen LogP contribution in [-0.4, -0.2) is 11.8 Å². The third-order valence-electron chi connectivity index (χ3n) is 2.52. The van der Waals surface area contributed by atoms with Gasteiger partial charge in [0.1, 0.15) is 6.29 Å². The van der Waals surface area contributed by atoms with Crippen LogP contribution < -0.4 is 5.73 Å². The summed E-state index contributed by atoms with van der Waals surface area (Å²) in [6.45, 7) is 0. The Kier molecular flexibility index (Phi) is 3.06. The lowest BCUT2D eigenvalue weighted by Crippen LogP contribution is -2.41. The van der Waals surface area contributed by atoms with E-state index in [1.165, 1.54) is 19.3 Å². The van der Waals surface area contributed by atoms with E-state index >= 15 is 0 Å². The SMILES string of the molecule is NC1(C=O)CCCCCCC1. The Morgan fingerprint density at radius 3 is 1.91 bits per heavy atom. The normalized spacial score (nSPS) is 25.2. The Morgan fingerprint density at radius 1 is 1.00 bits per heavy atom. The molecule has 0 amide bonds. The summed E-state index contributed by atoms with van der Waals surface area (Å²) in [5.41, 5.74) is 5.37. The van der Waals surface area contributed by atoms with Gasteiger partial charge in [-0.2, -0.15) is 0 Å². The van der Waals surface area contributed by atoms with Gasteiger partial charge in [-0.1, -0.05) is 32.1 Å². The molecule has 2 nitrogen and oxygen atoms in total. The van der Waals surface area contributed by atoms with Crippen molar-refractivity contribution in [3.63, 3.8) is 0 Å². The lowest BCUT2D eigenvalue weighted by molar-refractivity contribution is -0.112. The quantitative estimate of drug-likeness (QED) is 0.585. The minimum absolute atomic E-state index is 0.486. The van der Waals surface area contributed by atoms with Crippen LogP contribution in [0.15, 0.2) is 0 Å². The first-order chi connectivity index (χ1) is 5.27. The van der Waals surface area contributed by atoms with Gasteiger partial charge in [-0.3, -0.25) is 0 Å². The van der Waals surface area contributed by atoms with Crippen LogP contribution in [0.4, 0.5) is 0 Å². The second-order valence-corrected chi connectivity index (χ2v) is 3.62. The highest BCUT2D eigenvalue weighted by atomic mass is 16.1. The molecular weight excluding hydrogens is 138 g/mol. The van der Waals surface area contributed by atoms with Gasteiger partial charge in [-0.25, -0.2) is 0 Å². The van der Waals surface area contributed by atoms with E-state index in [9.17, 15) is 4.79 Å². The summed E-state index contributed by atoms with van der Waals surface area (Å²) in [7, 11) is 0. The summed E-state index contributed by atoms with van der Waals surface area (Å²) in [6.07, 6.45) is 8.75. The zero-order chi connectivity index (χ0) is 8.16. The van der Waals surface area contributed by atoms with E-state index in [0.717, 1.165) is 32.0 Å². The van der Waals surface area contributed by atoms with Crippen LogP contribution in [-0.2, 0) is 4.79 Å². The van der Waals surface area contributed by atoms with Crippen molar-refractivity contribution in [3.8, 4) is 0 Å². The molecule has 1 aliphatic carbocycles. The summed E-state index contributed by atoms with van der Waals surface area (Å²) in [6, 6.07) is 0. The summed E-state index contributed by atoms with van der Waals surface area (Å²) < 4.78 is 0. The molecule has 64 valence electrons. The predicted molar refractivity (Wildman–Crippen MR) is 45.3 cm³/mol. The average Bonchev–Trinajstić information content (AvgIpc) is 1.98. The first kappa shape index (κ1) is 8.72. The maximum atomic E-state index is 10.6. The van der Waals surface area contributed by atoms with E-state index in [1.54, 1.807) is 0 Å². The van der Waals surface area contributed by atoms with Crippen LogP contribution in [0.1, 0.15) is 44.9 Å². The molecule has 11 heavy (non-hydrogen) atoms. The molecule has 0 radical (unpaired) electrons. The number of rotatable bonds is 1. The van der Waals surface area contributed by atoms with Gasteiger partial charge in [-0.05, 0) is 12.8 Å². The first-order valence-electron chi connectivity index (χ1n) is 4.52. The van der Waals surface area contributed by atoms with Gasteiger partial charge >= 0.3 is 0 Å². The molecule has 0 bridgehead atoms. The lowest BCUT2D eigenvalue weighted by atomic mass is 9.86. The average molecular weight is 155 g/mol. The van der Waals surface area contributed by atoms with Crippen molar-refractivity contribution in [2.75, 3.05) is 0 Å². The molecule has 1 aliphatic rings. The molecular formula is C9H17NO. The highest BCUT2D eigenvalue weighted by Crippen LogP contribution is 2.22. The van der Waals surface area contributed by atoms with Gasteiger partial charge in [0.15, 0.2) is 0 Å². The molecule has 0 aromatic rings. The molecule has 2 heteroatoms. The van der Waals surface area contributed by atoms with Crippen LogP contribution >= 0.6 is 0 Å². The lowest BCUT2D eigenvalue weighted by Gasteiger charge is -2.24. The molecule has 0 aromatic carbocycles. The first-order valence-corrected chi connectivity index (χ1v) is 4.52. The smallest absolute Gasteiger partial charge is 0.139 e. The highest BCUT2D eigenvalue weighted by Gasteiger charge is 2.23. The van der Waals surface area contributed by atoms with E-state index in [2.05, 4.69) is 0 Å². The van der Waals surface area contributed by atoms with Crippen molar-refractivity contribution in [1.82, 2.24) is 0 Å². The van der Waals surface area contributed by atoms with Crippen LogP contribution in [0.25, 0.3) is 0 Å². The van der Waals surface area contributed by atoms with Gasteiger partial charge in [0.05, 0.1) is 5.54 Å². The monoisotopic (exact) mass is 155 g/mol. The van der Waals surface area contributed by atoms with Crippen LogP contribution in [0.2, 0.25) is 0 Å². The molecule has 2 N–H and O–H groups in total.